The monoisotopic (exact) mass is 328 g/mol. The Morgan fingerprint density at radius 1 is 1.37 bits per heavy atom. The zero-order chi connectivity index (χ0) is 13.7. The molecule has 2 heterocycles. The third-order valence-electron chi connectivity index (χ3n) is 3.14. The van der Waals surface area contributed by atoms with Crippen LogP contribution in [0.4, 0.5) is 0 Å². The number of furan rings is 1. The van der Waals surface area contributed by atoms with Crippen molar-refractivity contribution >= 4 is 27.7 Å². The van der Waals surface area contributed by atoms with Crippen LogP contribution in [-0.4, -0.2) is 36.3 Å². The predicted molar refractivity (Wildman–Crippen MR) is 73.8 cm³/mol. The van der Waals surface area contributed by atoms with E-state index in [1.54, 1.807) is 12.1 Å². The fourth-order valence-electron chi connectivity index (χ4n) is 2.10. The largest absolute Gasteiger partial charge is 0.444 e. The van der Waals surface area contributed by atoms with Crippen molar-refractivity contribution in [1.29, 1.82) is 0 Å². The maximum Gasteiger partial charge on any atom is 0.287 e. The average molecular weight is 329 g/mol. The minimum Gasteiger partial charge on any atom is -0.444 e. The molecule has 0 aromatic carbocycles. The molecule has 1 aromatic heterocycles. The molecule has 2 rings (SSSR count). The number of halogens is 1. The highest BCUT2D eigenvalue weighted by Crippen LogP contribution is 2.14. The summed E-state index contributed by atoms with van der Waals surface area (Å²) in [5.74, 6) is 0.203. The molecule has 5 nitrogen and oxygen atoms in total. The molecule has 1 N–H and O–H groups in total. The van der Waals surface area contributed by atoms with Crippen LogP contribution >= 0.6 is 15.9 Å². The highest BCUT2D eigenvalue weighted by Gasteiger charge is 2.16. The van der Waals surface area contributed by atoms with Crippen LogP contribution in [0.15, 0.2) is 21.2 Å². The van der Waals surface area contributed by atoms with Gasteiger partial charge in [-0.05, 0) is 40.9 Å². The second-order valence-corrected chi connectivity index (χ2v) is 5.33. The summed E-state index contributed by atoms with van der Waals surface area (Å²) >= 11 is 3.15. The van der Waals surface area contributed by atoms with Crippen LogP contribution in [0, 0.1) is 0 Å². The maximum absolute atomic E-state index is 11.8. The van der Waals surface area contributed by atoms with E-state index in [4.69, 9.17) is 4.42 Å². The first-order valence-electron chi connectivity index (χ1n) is 6.48. The molecular weight excluding hydrogens is 312 g/mol. The molecule has 0 bridgehead atoms. The summed E-state index contributed by atoms with van der Waals surface area (Å²) in [4.78, 5) is 25.3. The van der Waals surface area contributed by atoms with Gasteiger partial charge in [0.1, 0.15) is 0 Å². The average Bonchev–Trinajstić information content (AvgIpc) is 2.72. The van der Waals surface area contributed by atoms with Crippen molar-refractivity contribution in [3.8, 4) is 0 Å². The summed E-state index contributed by atoms with van der Waals surface area (Å²) < 4.78 is 5.68. The molecule has 0 unspecified atom stereocenters. The Bertz CT molecular complexity index is 458. The van der Waals surface area contributed by atoms with Crippen LogP contribution < -0.4 is 5.32 Å². The van der Waals surface area contributed by atoms with E-state index in [1.165, 1.54) is 0 Å². The first kappa shape index (κ1) is 14.1. The van der Waals surface area contributed by atoms with E-state index in [2.05, 4.69) is 21.2 Å². The van der Waals surface area contributed by atoms with E-state index in [9.17, 15) is 9.59 Å². The number of carbonyl (C=O) groups is 2. The lowest BCUT2D eigenvalue weighted by Gasteiger charge is -2.20. The normalized spacial score (nSPS) is 16.3. The van der Waals surface area contributed by atoms with Gasteiger partial charge in [0, 0.05) is 26.1 Å². The third kappa shape index (κ3) is 4.09. The minimum atomic E-state index is -0.257. The van der Waals surface area contributed by atoms with Crippen LogP contribution in [-0.2, 0) is 4.79 Å². The molecule has 1 saturated heterocycles. The number of hydrogen-bond acceptors (Lipinski definition) is 3. The number of rotatable bonds is 4. The lowest BCUT2D eigenvalue weighted by Crippen LogP contribution is -2.38. The van der Waals surface area contributed by atoms with Gasteiger partial charge >= 0.3 is 0 Å². The molecule has 6 heteroatoms. The molecule has 2 amide bonds. The number of carbonyl (C=O) groups excluding carboxylic acids is 2. The number of nitrogens with zero attached hydrogens (tertiary/aromatic N) is 1. The molecule has 0 saturated carbocycles. The van der Waals surface area contributed by atoms with Crippen LogP contribution in [0.1, 0.15) is 36.2 Å². The highest BCUT2D eigenvalue weighted by atomic mass is 79.9. The lowest BCUT2D eigenvalue weighted by atomic mass is 10.2. The van der Waals surface area contributed by atoms with E-state index in [0.717, 1.165) is 25.8 Å². The molecule has 1 aromatic rings. The predicted octanol–water partition coefficient (Wildman–Crippen LogP) is 2.17. The first-order valence-corrected chi connectivity index (χ1v) is 7.27. The molecule has 1 aliphatic heterocycles. The Kier molecular flexibility index (Phi) is 5.01. The van der Waals surface area contributed by atoms with Gasteiger partial charge in [-0.25, -0.2) is 0 Å². The number of amides is 2. The lowest BCUT2D eigenvalue weighted by molar-refractivity contribution is -0.130. The summed E-state index contributed by atoms with van der Waals surface area (Å²) in [6.45, 7) is 1.80. The van der Waals surface area contributed by atoms with Gasteiger partial charge in [-0.3, -0.25) is 9.59 Å². The van der Waals surface area contributed by atoms with E-state index in [-0.39, 0.29) is 17.6 Å². The molecule has 1 aliphatic rings. The first-order chi connectivity index (χ1) is 9.16. The molecule has 0 atom stereocenters. The van der Waals surface area contributed by atoms with Gasteiger partial charge in [0.25, 0.3) is 5.91 Å². The standard InChI is InChI=1S/C13H17BrN2O3/c14-11-6-5-10(19-11)13(18)15-7-9-16-8-3-1-2-4-12(16)17/h5-6H,1-4,7-9H2,(H,15,18). The van der Waals surface area contributed by atoms with E-state index < -0.39 is 0 Å². The number of likely N-dealkylation sites (tertiary alicyclic amines) is 1. The summed E-state index contributed by atoms with van der Waals surface area (Å²) in [6.07, 6.45) is 3.75. The topological polar surface area (TPSA) is 62.6 Å². The molecule has 104 valence electrons. The Morgan fingerprint density at radius 3 is 2.95 bits per heavy atom. The van der Waals surface area contributed by atoms with E-state index in [0.29, 0.717) is 24.2 Å². The molecule has 19 heavy (non-hydrogen) atoms. The molecule has 0 radical (unpaired) electrons. The second kappa shape index (κ2) is 6.75. The van der Waals surface area contributed by atoms with Gasteiger partial charge in [-0.15, -0.1) is 0 Å². The SMILES string of the molecule is O=C(NCCN1CCCCCC1=O)c1ccc(Br)o1. The van der Waals surface area contributed by atoms with Crippen molar-refractivity contribution < 1.29 is 14.0 Å². The zero-order valence-corrected chi connectivity index (χ0v) is 12.2. The Balaban J connectivity index is 1.76. The van der Waals surface area contributed by atoms with Crippen molar-refractivity contribution in [3.05, 3.63) is 22.6 Å². The van der Waals surface area contributed by atoms with Gasteiger partial charge in [0.2, 0.25) is 5.91 Å². The summed E-state index contributed by atoms with van der Waals surface area (Å²) in [5, 5.41) is 2.75. The van der Waals surface area contributed by atoms with Gasteiger partial charge in [-0.2, -0.15) is 0 Å². The zero-order valence-electron chi connectivity index (χ0n) is 10.7. The molecule has 1 fully saturated rings. The third-order valence-corrected chi connectivity index (χ3v) is 3.56. The Labute approximate surface area is 120 Å². The van der Waals surface area contributed by atoms with Crippen molar-refractivity contribution in [1.82, 2.24) is 10.2 Å². The molecule has 0 aliphatic carbocycles. The summed E-state index contributed by atoms with van der Waals surface area (Å²) in [7, 11) is 0. The Morgan fingerprint density at radius 2 is 2.21 bits per heavy atom. The highest BCUT2D eigenvalue weighted by molar-refractivity contribution is 9.10. The van der Waals surface area contributed by atoms with E-state index >= 15 is 0 Å². The van der Waals surface area contributed by atoms with Gasteiger partial charge in [0.15, 0.2) is 10.4 Å². The van der Waals surface area contributed by atoms with Crippen molar-refractivity contribution in [2.24, 2.45) is 0 Å². The quantitative estimate of drug-likeness (QED) is 0.921. The van der Waals surface area contributed by atoms with Crippen molar-refractivity contribution in [2.45, 2.75) is 25.7 Å². The summed E-state index contributed by atoms with van der Waals surface area (Å²) in [6, 6.07) is 3.28. The van der Waals surface area contributed by atoms with E-state index in [1.807, 2.05) is 4.90 Å². The number of nitrogens with one attached hydrogen (secondary N) is 1. The molecule has 0 spiro atoms. The van der Waals surface area contributed by atoms with Crippen molar-refractivity contribution in [2.75, 3.05) is 19.6 Å². The van der Waals surface area contributed by atoms with Gasteiger partial charge in [0.05, 0.1) is 0 Å². The maximum atomic E-state index is 11.8. The van der Waals surface area contributed by atoms with Crippen molar-refractivity contribution in [3.63, 3.8) is 0 Å². The van der Waals surface area contributed by atoms with Gasteiger partial charge in [-0.1, -0.05) is 6.42 Å². The minimum absolute atomic E-state index is 0.187. The van der Waals surface area contributed by atoms with Crippen LogP contribution in [0.5, 0.6) is 0 Å². The van der Waals surface area contributed by atoms with Crippen LogP contribution in [0.3, 0.4) is 0 Å². The van der Waals surface area contributed by atoms with Crippen LogP contribution in [0.25, 0.3) is 0 Å². The Hall–Kier alpha value is -1.30. The van der Waals surface area contributed by atoms with Gasteiger partial charge < -0.3 is 14.6 Å². The fraction of sp³-hybridized carbons (Fsp3) is 0.538. The summed E-state index contributed by atoms with van der Waals surface area (Å²) in [5.41, 5.74) is 0. The molecular formula is C13H17BrN2O3. The second-order valence-electron chi connectivity index (χ2n) is 4.55. The fourth-order valence-corrected chi connectivity index (χ4v) is 2.41. The van der Waals surface area contributed by atoms with Crippen LogP contribution in [0.2, 0.25) is 0 Å². The number of hydrogen-bond donors (Lipinski definition) is 1. The smallest absolute Gasteiger partial charge is 0.287 e.